The highest BCUT2D eigenvalue weighted by molar-refractivity contribution is 6.02. The molecular formula is C35H38N6O3. The van der Waals surface area contributed by atoms with E-state index in [1.807, 2.05) is 78.2 Å². The molecule has 1 N–H and O–H groups in total. The van der Waals surface area contributed by atoms with Crippen LogP contribution in [0.3, 0.4) is 0 Å². The molecule has 3 aromatic carbocycles. The maximum absolute atomic E-state index is 13.6. The third kappa shape index (κ3) is 6.45. The van der Waals surface area contributed by atoms with Crippen LogP contribution in [0, 0.1) is 11.3 Å². The van der Waals surface area contributed by atoms with Crippen LogP contribution in [0.4, 0.5) is 16.2 Å². The maximum Gasteiger partial charge on any atom is 0.326 e. The third-order valence-corrected chi connectivity index (χ3v) is 8.50. The molecule has 226 valence electrons. The van der Waals surface area contributed by atoms with Gasteiger partial charge in [0.1, 0.15) is 17.6 Å². The van der Waals surface area contributed by atoms with Crippen molar-refractivity contribution in [1.82, 2.24) is 14.5 Å². The van der Waals surface area contributed by atoms with Gasteiger partial charge in [-0.1, -0.05) is 43.7 Å². The number of para-hydroxylation sites is 1. The summed E-state index contributed by atoms with van der Waals surface area (Å²) in [6.45, 7) is 3.18. The molecule has 0 bridgehead atoms. The Morgan fingerprint density at radius 2 is 1.91 bits per heavy atom. The largest absolute Gasteiger partial charge is 0.456 e. The average Bonchev–Trinajstić information content (AvgIpc) is 3.39. The summed E-state index contributed by atoms with van der Waals surface area (Å²) in [4.78, 5) is 34.8. The van der Waals surface area contributed by atoms with E-state index in [1.165, 1.54) is 0 Å². The number of carbonyl (C=O) groups is 2. The Hall–Kier alpha value is -5.10. The van der Waals surface area contributed by atoms with Crippen LogP contribution in [-0.4, -0.2) is 46.5 Å². The number of aryl methyl sites for hydroxylation is 1. The molecule has 1 saturated heterocycles. The molecule has 0 saturated carbocycles. The quantitative estimate of drug-likeness (QED) is 0.235. The topological polar surface area (TPSA) is 103 Å². The predicted octanol–water partition coefficient (Wildman–Crippen LogP) is 6.66. The van der Waals surface area contributed by atoms with Crippen molar-refractivity contribution in [3.05, 3.63) is 102 Å². The zero-order chi connectivity index (χ0) is 31.1. The monoisotopic (exact) mass is 590 g/mol. The number of carbonyl (C=O) groups excluding carboxylic acids is 2. The van der Waals surface area contributed by atoms with Gasteiger partial charge in [0.05, 0.1) is 17.3 Å². The summed E-state index contributed by atoms with van der Waals surface area (Å²) in [5.74, 6) is 0.983. The van der Waals surface area contributed by atoms with Crippen molar-refractivity contribution >= 4 is 23.3 Å². The maximum atomic E-state index is 13.6. The summed E-state index contributed by atoms with van der Waals surface area (Å²) in [6.07, 6.45) is 7.49. The minimum Gasteiger partial charge on any atom is -0.456 e. The SMILES string of the molecule is CC[C@]1(c2cccc(Oc3cc(N(CCc4cncn4C)C(=O)Nc4ccccc4)ccc3C#N)c2)CCCCN(C)C1=O. The Morgan fingerprint density at radius 3 is 2.64 bits per heavy atom. The number of nitriles is 1. The number of amides is 3. The summed E-state index contributed by atoms with van der Waals surface area (Å²) in [7, 11) is 3.79. The molecule has 1 atom stereocenters. The molecule has 1 aliphatic rings. The number of urea groups is 1. The van der Waals surface area contributed by atoms with Gasteiger partial charge in [0.15, 0.2) is 0 Å². The number of anilines is 2. The minimum absolute atomic E-state index is 0.128. The number of likely N-dealkylation sites (N-methyl/N-ethyl adjacent to an activating group) is 1. The number of hydrogen-bond donors (Lipinski definition) is 1. The molecule has 9 heteroatoms. The number of nitrogens with zero attached hydrogens (tertiary/aromatic N) is 5. The Morgan fingerprint density at radius 1 is 1.09 bits per heavy atom. The first kappa shape index (κ1) is 30.4. The Kier molecular flexibility index (Phi) is 9.29. The molecule has 2 heterocycles. The van der Waals surface area contributed by atoms with Crippen LogP contribution >= 0.6 is 0 Å². The third-order valence-electron chi connectivity index (χ3n) is 8.50. The fraction of sp³-hybridized carbons (Fsp3) is 0.314. The average molecular weight is 591 g/mol. The molecule has 0 spiro atoms. The van der Waals surface area contributed by atoms with E-state index in [0.717, 1.165) is 37.1 Å². The summed E-state index contributed by atoms with van der Waals surface area (Å²) in [5, 5.41) is 12.9. The van der Waals surface area contributed by atoms with Crippen LogP contribution in [0.5, 0.6) is 11.5 Å². The molecule has 1 fully saturated rings. The number of ether oxygens (including phenoxy) is 1. The van der Waals surface area contributed by atoms with Gasteiger partial charge in [0.2, 0.25) is 5.91 Å². The number of benzene rings is 3. The number of nitrogens with one attached hydrogen (secondary N) is 1. The van der Waals surface area contributed by atoms with Crippen molar-refractivity contribution in [2.45, 2.75) is 44.4 Å². The molecule has 0 aliphatic carbocycles. The first-order valence-corrected chi connectivity index (χ1v) is 15.0. The molecular weight excluding hydrogens is 552 g/mol. The lowest BCUT2D eigenvalue weighted by atomic mass is 9.73. The Bertz CT molecular complexity index is 1660. The van der Waals surface area contributed by atoms with Gasteiger partial charge in [-0.2, -0.15) is 5.26 Å². The second kappa shape index (κ2) is 13.5. The van der Waals surface area contributed by atoms with Gasteiger partial charge in [-0.15, -0.1) is 0 Å². The summed E-state index contributed by atoms with van der Waals surface area (Å²) >= 11 is 0. The number of aromatic nitrogens is 2. The highest BCUT2D eigenvalue weighted by Crippen LogP contribution is 2.40. The fourth-order valence-corrected chi connectivity index (χ4v) is 5.90. The molecule has 0 radical (unpaired) electrons. The van der Waals surface area contributed by atoms with Gasteiger partial charge in [-0.3, -0.25) is 9.69 Å². The van der Waals surface area contributed by atoms with E-state index < -0.39 is 5.41 Å². The van der Waals surface area contributed by atoms with Gasteiger partial charge in [0, 0.05) is 62.9 Å². The number of likely N-dealkylation sites (tertiary alicyclic amines) is 1. The molecule has 44 heavy (non-hydrogen) atoms. The molecule has 0 unspecified atom stereocenters. The van der Waals surface area contributed by atoms with Gasteiger partial charge < -0.3 is 19.5 Å². The number of imidazole rings is 1. The second-order valence-corrected chi connectivity index (χ2v) is 11.2. The number of hydrogen-bond acceptors (Lipinski definition) is 5. The standard InChI is InChI=1S/C35H38N6O3/c1-4-35(18-8-9-19-39(2)33(35)42)27-11-10-14-31(21-27)44-32-22-29(16-15-26(32)23-36)41(20-17-30-24-37-25-40(30)3)34(43)38-28-12-6-5-7-13-28/h5-7,10-16,21-22,24-25H,4,8-9,17-20H2,1-3H3,(H,38,43)/t35-/m1/s1. The van der Waals surface area contributed by atoms with E-state index in [4.69, 9.17) is 4.74 Å². The molecule has 1 aromatic heterocycles. The lowest BCUT2D eigenvalue weighted by molar-refractivity contribution is -0.135. The van der Waals surface area contributed by atoms with Crippen molar-refractivity contribution in [2.24, 2.45) is 7.05 Å². The highest BCUT2D eigenvalue weighted by Gasteiger charge is 2.41. The summed E-state index contributed by atoms with van der Waals surface area (Å²) in [6, 6.07) is 23.9. The first-order chi connectivity index (χ1) is 21.3. The zero-order valence-electron chi connectivity index (χ0n) is 25.5. The van der Waals surface area contributed by atoms with E-state index in [1.54, 1.807) is 35.6 Å². The molecule has 9 nitrogen and oxygen atoms in total. The lowest BCUT2D eigenvalue weighted by Crippen LogP contribution is -2.43. The smallest absolute Gasteiger partial charge is 0.326 e. The minimum atomic E-state index is -0.622. The fourth-order valence-electron chi connectivity index (χ4n) is 5.90. The van der Waals surface area contributed by atoms with Crippen molar-refractivity contribution < 1.29 is 14.3 Å². The van der Waals surface area contributed by atoms with E-state index in [0.29, 0.717) is 47.8 Å². The van der Waals surface area contributed by atoms with E-state index in [9.17, 15) is 14.9 Å². The molecule has 4 aromatic rings. The first-order valence-electron chi connectivity index (χ1n) is 15.0. The zero-order valence-corrected chi connectivity index (χ0v) is 25.5. The van der Waals surface area contributed by atoms with Crippen LogP contribution in [0.25, 0.3) is 0 Å². The summed E-state index contributed by atoms with van der Waals surface area (Å²) in [5.41, 5.74) is 2.86. The van der Waals surface area contributed by atoms with Gasteiger partial charge in [-0.05, 0) is 61.2 Å². The molecule has 5 rings (SSSR count). The van der Waals surface area contributed by atoms with Crippen LogP contribution in [0.15, 0.2) is 85.3 Å². The van der Waals surface area contributed by atoms with Crippen molar-refractivity contribution in [3.8, 4) is 17.6 Å². The van der Waals surface area contributed by atoms with Crippen LogP contribution in [0.2, 0.25) is 0 Å². The van der Waals surface area contributed by atoms with Crippen LogP contribution in [-0.2, 0) is 23.7 Å². The van der Waals surface area contributed by atoms with Gasteiger partial charge in [-0.25, -0.2) is 9.78 Å². The van der Waals surface area contributed by atoms with Crippen molar-refractivity contribution in [3.63, 3.8) is 0 Å². The Balaban J connectivity index is 1.47. The van der Waals surface area contributed by atoms with E-state index in [-0.39, 0.29) is 11.9 Å². The highest BCUT2D eigenvalue weighted by atomic mass is 16.5. The van der Waals surface area contributed by atoms with Crippen LogP contribution in [0.1, 0.15) is 49.4 Å². The van der Waals surface area contributed by atoms with E-state index >= 15 is 0 Å². The van der Waals surface area contributed by atoms with Gasteiger partial charge >= 0.3 is 6.03 Å². The van der Waals surface area contributed by atoms with Crippen LogP contribution < -0.4 is 15.0 Å². The predicted molar refractivity (Wildman–Crippen MR) is 171 cm³/mol. The van der Waals surface area contributed by atoms with Crippen molar-refractivity contribution in [2.75, 3.05) is 30.4 Å². The number of rotatable bonds is 9. The Labute approximate surface area is 258 Å². The van der Waals surface area contributed by atoms with Crippen molar-refractivity contribution in [1.29, 1.82) is 5.26 Å². The summed E-state index contributed by atoms with van der Waals surface area (Å²) < 4.78 is 8.28. The molecule has 1 aliphatic heterocycles. The second-order valence-electron chi connectivity index (χ2n) is 11.2. The lowest BCUT2D eigenvalue weighted by Gasteiger charge is -2.33. The molecule has 3 amide bonds. The normalized spacial score (nSPS) is 16.6. The van der Waals surface area contributed by atoms with E-state index in [2.05, 4.69) is 23.3 Å². The van der Waals surface area contributed by atoms with Gasteiger partial charge in [0.25, 0.3) is 0 Å².